The van der Waals surface area contributed by atoms with Crippen molar-refractivity contribution in [3.63, 3.8) is 0 Å². The van der Waals surface area contributed by atoms with Crippen molar-refractivity contribution in [1.29, 1.82) is 0 Å². The maximum absolute atomic E-state index is 12.4. The van der Waals surface area contributed by atoms with Crippen LogP contribution in [0.25, 0.3) is 0 Å². The average molecular weight is 259 g/mol. The summed E-state index contributed by atoms with van der Waals surface area (Å²) < 4.78 is 0. The molecule has 1 saturated heterocycles. The van der Waals surface area contributed by atoms with Crippen LogP contribution >= 0.6 is 0 Å². The zero-order valence-corrected chi connectivity index (χ0v) is 10.9. The van der Waals surface area contributed by atoms with Crippen LogP contribution in [0, 0.1) is 0 Å². The summed E-state index contributed by atoms with van der Waals surface area (Å²) in [6, 6.07) is 9.53. The fourth-order valence-corrected chi connectivity index (χ4v) is 3.13. The highest BCUT2D eigenvalue weighted by atomic mass is 16.2. The molecule has 2 fully saturated rings. The van der Waals surface area contributed by atoms with Crippen molar-refractivity contribution in [2.45, 2.75) is 44.2 Å². The molecule has 1 atom stereocenters. The quantitative estimate of drug-likeness (QED) is 0.817. The van der Waals surface area contributed by atoms with Gasteiger partial charge in [-0.2, -0.15) is 0 Å². The van der Waals surface area contributed by atoms with Crippen molar-refractivity contribution in [3.05, 3.63) is 30.3 Å². The molecule has 4 nitrogen and oxygen atoms in total. The van der Waals surface area contributed by atoms with E-state index in [1.807, 2.05) is 30.3 Å². The van der Waals surface area contributed by atoms with E-state index in [4.69, 9.17) is 0 Å². The normalized spacial score (nSPS) is 24.4. The van der Waals surface area contributed by atoms with E-state index in [0.717, 1.165) is 0 Å². The second-order valence-electron chi connectivity index (χ2n) is 5.45. The molecule has 4 heteroatoms. The van der Waals surface area contributed by atoms with Gasteiger partial charge >= 0.3 is 0 Å². The zero-order chi connectivity index (χ0) is 13.2. The van der Waals surface area contributed by atoms with Gasteiger partial charge in [0.05, 0.1) is 18.2 Å². The highest BCUT2D eigenvalue weighted by Crippen LogP contribution is 2.22. The van der Waals surface area contributed by atoms with Crippen LogP contribution in [0.1, 0.15) is 32.1 Å². The Kier molecular flexibility index (Phi) is 3.34. The van der Waals surface area contributed by atoms with E-state index in [2.05, 4.69) is 5.32 Å². The molecule has 0 bridgehead atoms. The Labute approximate surface area is 112 Å². The molecule has 0 spiro atoms. The van der Waals surface area contributed by atoms with Crippen LogP contribution in [-0.2, 0) is 9.59 Å². The Balaban J connectivity index is 1.74. The SMILES string of the molecule is O=C1C[C@@H]([NH2+]C2CCCC2)C(=O)N1c1ccccc1. The molecule has 1 aliphatic carbocycles. The first-order chi connectivity index (χ1) is 9.25. The molecule has 0 radical (unpaired) electrons. The van der Waals surface area contributed by atoms with Crippen LogP contribution in [0.3, 0.4) is 0 Å². The predicted octanol–water partition coefficient (Wildman–Crippen LogP) is 0.824. The summed E-state index contributed by atoms with van der Waals surface area (Å²) in [6.07, 6.45) is 5.17. The summed E-state index contributed by atoms with van der Waals surface area (Å²) in [6.45, 7) is 0. The third-order valence-electron chi connectivity index (χ3n) is 4.10. The van der Waals surface area contributed by atoms with Gasteiger partial charge in [0.25, 0.3) is 5.91 Å². The molecule has 0 unspecified atom stereocenters. The number of rotatable bonds is 3. The van der Waals surface area contributed by atoms with E-state index in [1.165, 1.54) is 30.6 Å². The van der Waals surface area contributed by atoms with Crippen LogP contribution < -0.4 is 10.2 Å². The van der Waals surface area contributed by atoms with Crippen LogP contribution in [0.4, 0.5) is 5.69 Å². The fraction of sp³-hybridized carbons (Fsp3) is 0.467. The Morgan fingerprint density at radius 3 is 2.42 bits per heavy atom. The first-order valence-electron chi connectivity index (χ1n) is 7.02. The highest BCUT2D eigenvalue weighted by Gasteiger charge is 2.43. The van der Waals surface area contributed by atoms with Crippen LogP contribution in [-0.4, -0.2) is 23.9 Å². The van der Waals surface area contributed by atoms with Crippen molar-refractivity contribution in [2.75, 3.05) is 4.90 Å². The van der Waals surface area contributed by atoms with E-state index in [1.54, 1.807) is 0 Å². The summed E-state index contributed by atoms with van der Waals surface area (Å²) >= 11 is 0. The van der Waals surface area contributed by atoms with Gasteiger partial charge in [0.1, 0.15) is 0 Å². The van der Waals surface area contributed by atoms with E-state index < -0.39 is 0 Å². The molecule has 2 N–H and O–H groups in total. The van der Waals surface area contributed by atoms with Gasteiger partial charge in [-0.05, 0) is 37.8 Å². The van der Waals surface area contributed by atoms with Gasteiger partial charge in [0.15, 0.2) is 6.04 Å². The maximum Gasteiger partial charge on any atom is 0.292 e. The second-order valence-corrected chi connectivity index (χ2v) is 5.45. The fourth-order valence-electron chi connectivity index (χ4n) is 3.13. The molecule has 2 amide bonds. The smallest absolute Gasteiger partial charge is 0.292 e. The highest BCUT2D eigenvalue weighted by molar-refractivity contribution is 6.21. The molecule has 1 heterocycles. The number of nitrogens with two attached hydrogens (primary N) is 1. The number of para-hydroxylation sites is 1. The molecule has 100 valence electrons. The van der Waals surface area contributed by atoms with Gasteiger partial charge < -0.3 is 5.32 Å². The minimum Gasteiger partial charge on any atom is -0.333 e. The molecule has 19 heavy (non-hydrogen) atoms. The van der Waals surface area contributed by atoms with Gasteiger partial charge in [0, 0.05) is 0 Å². The molecule has 1 saturated carbocycles. The second kappa shape index (κ2) is 5.13. The van der Waals surface area contributed by atoms with Gasteiger partial charge in [-0.3, -0.25) is 9.59 Å². The molecule has 3 rings (SSSR count). The topological polar surface area (TPSA) is 54.0 Å². The van der Waals surface area contributed by atoms with E-state index in [0.29, 0.717) is 18.2 Å². The van der Waals surface area contributed by atoms with Gasteiger partial charge in [0.2, 0.25) is 5.91 Å². The number of hydrogen-bond acceptors (Lipinski definition) is 2. The third kappa shape index (κ3) is 2.40. The van der Waals surface area contributed by atoms with Crippen molar-refractivity contribution >= 4 is 17.5 Å². The van der Waals surface area contributed by atoms with Crippen molar-refractivity contribution < 1.29 is 14.9 Å². The molecule has 1 aromatic carbocycles. The van der Waals surface area contributed by atoms with Gasteiger partial charge in [-0.1, -0.05) is 18.2 Å². The van der Waals surface area contributed by atoms with Crippen LogP contribution in [0.2, 0.25) is 0 Å². The Morgan fingerprint density at radius 1 is 1.05 bits per heavy atom. The third-order valence-corrected chi connectivity index (χ3v) is 4.10. The summed E-state index contributed by atoms with van der Waals surface area (Å²) in [7, 11) is 0. The van der Waals surface area contributed by atoms with Crippen molar-refractivity contribution in [3.8, 4) is 0 Å². The first kappa shape index (κ1) is 12.4. The minimum atomic E-state index is -0.212. The summed E-state index contributed by atoms with van der Waals surface area (Å²) in [5.74, 6) is -0.126. The number of nitrogens with zero attached hydrogens (tertiary/aromatic N) is 1. The van der Waals surface area contributed by atoms with E-state index in [-0.39, 0.29) is 17.9 Å². The summed E-state index contributed by atoms with van der Waals surface area (Å²) in [5, 5.41) is 2.12. The minimum absolute atomic E-state index is 0.0527. The van der Waals surface area contributed by atoms with Crippen LogP contribution in [0.15, 0.2) is 30.3 Å². The standard InChI is InChI=1S/C15H18N2O2/c18-14-10-13(16-11-6-4-5-7-11)15(19)17(14)12-8-2-1-3-9-12/h1-3,8-9,11,13,16H,4-7,10H2/p+1/t13-/m1/s1. The number of hydrogen-bond donors (Lipinski definition) is 1. The summed E-state index contributed by atoms with van der Waals surface area (Å²) in [4.78, 5) is 25.8. The number of imide groups is 1. The van der Waals surface area contributed by atoms with E-state index in [9.17, 15) is 9.59 Å². The largest absolute Gasteiger partial charge is 0.333 e. The number of anilines is 1. The maximum atomic E-state index is 12.4. The number of quaternary nitrogens is 1. The zero-order valence-electron chi connectivity index (χ0n) is 10.9. The number of benzene rings is 1. The number of carbonyl (C=O) groups is 2. The van der Waals surface area contributed by atoms with Gasteiger partial charge in [-0.25, -0.2) is 4.90 Å². The lowest BCUT2D eigenvalue weighted by Gasteiger charge is -2.15. The van der Waals surface area contributed by atoms with Crippen molar-refractivity contribution in [2.24, 2.45) is 0 Å². The number of amides is 2. The first-order valence-corrected chi connectivity index (χ1v) is 7.02. The molecular formula is C15H19N2O2+. The number of carbonyl (C=O) groups excluding carboxylic acids is 2. The van der Waals surface area contributed by atoms with Crippen molar-refractivity contribution in [1.82, 2.24) is 0 Å². The Bertz CT molecular complexity index is 480. The Morgan fingerprint density at radius 2 is 1.74 bits per heavy atom. The summed E-state index contributed by atoms with van der Waals surface area (Å²) in [5.41, 5.74) is 0.694. The average Bonchev–Trinajstić information content (AvgIpc) is 3.01. The lowest BCUT2D eigenvalue weighted by molar-refractivity contribution is -0.706. The Hall–Kier alpha value is -1.68. The molecule has 1 aromatic rings. The lowest BCUT2D eigenvalue weighted by Crippen LogP contribution is -2.95. The molecular weight excluding hydrogens is 240 g/mol. The van der Waals surface area contributed by atoms with Crippen LogP contribution in [0.5, 0.6) is 0 Å². The lowest BCUT2D eigenvalue weighted by atomic mass is 10.2. The van der Waals surface area contributed by atoms with Gasteiger partial charge in [-0.15, -0.1) is 0 Å². The predicted molar refractivity (Wildman–Crippen MR) is 71.5 cm³/mol. The van der Waals surface area contributed by atoms with E-state index >= 15 is 0 Å². The molecule has 0 aromatic heterocycles. The molecule has 2 aliphatic rings. The molecule has 1 aliphatic heterocycles. The monoisotopic (exact) mass is 259 g/mol.